The second-order valence-electron chi connectivity index (χ2n) is 4.10. The van der Waals surface area contributed by atoms with Crippen molar-refractivity contribution in [3.63, 3.8) is 0 Å². The van der Waals surface area contributed by atoms with E-state index in [1.54, 1.807) is 13.3 Å². The minimum atomic E-state index is -0.152. The van der Waals surface area contributed by atoms with Crippen molar-refractivity contribution in [2.45, 2.75) is 26.5 Å². The van der Waals surface area contributed by atoms with E-state index < -0.39 is 0 Å². The fourth-order valence-corrected chi connectivity index (χ4v) is 2.12. The van der Waals surface area contributed by atoms with Crippen LogP contribution in [-0.4, -0.2) is 26.9 Å². The number of hydrogen-bond acceptors (Lipinski definition) is 4. The Morgan fingerprint density at radius 1 is 1.53 bits per heavy atom. The van der Waals surface area contributed by atoms with Gasteiger partial charge in [-0.2, -0.15) is 5.10 Å². The maximum Gasteiger partial charge on any atom is 0.264 e. The number of aromatic amines is 1. The number of rotatable bonds is 5. The molecule has 0 fully saturated rings. The predicted octanol–water partition coefficient (Wildman–Crippen LogP) is 1.79. The lowest BCUT2D eigenvalue weighted by atomic mass is 10.3. The van der Waals surface area contributed by atoms with Gasteiger partial charge >= 0.3 is 0 Å². The van der Waals surface area contributed by atoms with Crippen LogP contribution in [0.2, 0.25) is 0 Å². The van der Waals surface area contributed by atoms with Crippen LogP contribution < -0.4 is 5.56 Å². The van der Waals surface area contributed by atoms with Crippen molar-refractivity contribution < 1.29 is 4.74 Å². The smallest absolute Gasteiger partial charge is 0.264 e. The molecule has 0 amide bonds. The molecule has 0 saturated heterocycles. The molecule has 0 aromatic carbocycles. The van der Waals surface area contributed by atoms with Gasteiger partial charge in [-0.25, -0.2) is 4.98 Å². The Balaban J connectivity index is 2.40. The van der Waals surface area contributed by atoms with Gasteiger partial charge in [-0.05, 0) is 29.0 Å². The van der Waals surface area contributed by atoms with Gasteiger partial charge in [0.1, 0.15) is 9.39 Å². The topological polar surface area (TPSA) is 72.8 Å². The van der Waals surface area contributed by atoms with Crippen LogP contribution in [0.15, 0.2) is 17.2 Å². The summed E-state index contributed by atoms with van der Waals surface area (Å²) in [6.07, 6.45) is 4.59. The lowest BCUT2D eigenvalue weighted by molar-refractivity contribution is 0.180. The van der Waals surface area contributed by atoms with Crippen molar-refractivity contribution in [2.24, 2.45) is 0 Å². The Labute approximate surface area is 124 Å². The molecule has 2 aromatic heterocycles. The molecule has 19 heavy (non-hydrogen) atoms. The van der Waals surface area contributed by atoms with Crippen LogP contribution in [0.5, 0.6) is 0 Å². The van der Waals surface area contributed by atoms with Crippen molar-refractivity contribution in [3.05, 3.63) is 32.0 Å². The molecule has 0 atom stereocenters. The van der Waals surface area contributed by atoms with Gasteiger partial charge in [0.2, 0.25) is 0 Å². The van der Waals surface area contributed by atoms with Gasteiger partial charge < -0.3 is 9.72 Å². The number of H-pyrrole nitrogens is 1. The fourth-order valence-electron chi connectivity index (χ4n) is 1.71. The molecule has 2 rings (SSSR count). The van der Waals surface area contributed by atoms with E-state index in [1.165, 1.54) is 0 Å². The summed E-state index contributed by atoms with van der Waals surface area (Å²) in [5.41, 5.74) is 1.30. The van der Waals surface area contributed by atoms with Gasteiger partial charge in [0.25, 0.3) is 5.56 Å². The van der Waals surface area contributed by atoms with E-state index in [0.29, 0.717) is 21.7 Å². The predicted molar refractivity (Wildman–Crippen MR) is 79.8 cm³/mol. The molecular weight excluding hydrogens is 359 g/mol. The summed E-state index contributed by atoms with van der Waals surface area (Å²) >= 11 is 1.98. The Morgan fingerprint density at radius 3 is 3.00 bits per heavy atom. The highest BCUT2D eigenvalue weighted by Gasteiger charge is 2.11. The van der Waals surface area contributed by atoms with Crippen molar-refractivity contribution in [3.8, 4) is 11.4 Å². The van der Waals surface area contributed by atoms with E-state index in [4.69, 9.17) is 4.74 Å². The third-order valence-electron chi connectivity index (χ3n) is 2.57. The zero-order valence-corrected chi connectivity index (χ0v) is 13.0. The molecule has 0 aliphatic rings. The quantitative estimate of drug-likeness (QED) is 0.811. The van der Waals surface area contributed by atoms with Crippen LogP contribution in [0.1, 0.15) is 19.0 Å². The SMILES string of the molecule is CCCn1cc(-c2nc(COC)c(I)c(=O)[nH]2)cn1. The molecule has 0 unspecified atom stereocenters. The highest BCUT2D eigenvalue weighted by Crippen LogP contribution is 2.15. The van der Waals surface area contributed by atoms with Crippen LogP contribution >= 0.6 is 22.6 Å². The molecule has 1 N–H and O–H groups in total. The summed E-state index contributed by atoms with van der Waals surface area (Å²) in [5, 5.41) is 4.23. The molecule has 0 aliphatic carbocycles. The van der Waals surface area contributed by atoms with Gasteiger partial charge in [-0.3, -0.25) is 9.48 Å². The van der Waals surface area contributed by atoms with E-state index in [-0.39, 0.29) is 5.56 Å². The number of hydrogen-bond donors (Lipinski definition) is 1. The van der Waals surface area contributed by atoms with Crippen molar-refractivity contribution in [1.82, 2.24) is 19.7 Å². The van der Waals surface area contributed by atoms with Crippen molar-refractivity contribution in [2.75, 3.05) is 7.11 Å². The monoisotopic (exact) mass is 374 g/mol. The number of aromatic nitrogens is 4. The average Bonchev–Trinajstić information content (AvgIpc) is 2.84. The highest BCUT2D eigenvalue weighted by molar-refractivity contribution is 14.1. The van der Waals surface area contributed by atoms with E-state index in [9.17, 15) is 4.79 Å². The second-order valence-corrected chi connectivity index (χ2v) is 5.18. The molecule has 2 heterocycles. The number of nitrogens with zero attached hydrogens (tertiary/aromatic N) is 3. The van der Waals surface area contributed by atoms with Crippen molar-refractivity contribution in [1.29, 1.82) is 0 Å². The number of halogens is 1. The first-order valence-electron chi connectivity index (χ1n) is 5.96. The molecule has 2 aromatic rings. The number of aryl methyl sites for hydroxylation is 1. The zero-order valence-electron chi connectivity index (χ0n) is 10.8. The fraction of sp³-hybridized carbons (Fsp3) is 0.417. The molecule has 6 nitrogen and oxygen atoms in total. The molecular formula is C12H15IN4O2. The lowest BCUT2D eigenvalue weighted by Crippen LogP contribution is -2.16. The van der Waals surface area contributed by atoms with E-state index in [0.717, 1.165) is 18.5 Å². The third kappa shape index (κ3) is 3.21. The Kier molecular flexibility index (Phi) is 4.70. The Hall–Kier alpha value is -1.22. The maximum atomic E-state index is 11.9. The highest BCUT2D eigenvalue weighted by atomic mass is 127. The zero-order chi connectivity index (χ0) is 13.8. The standard InChI is InChI=1S/C12H15IN4O2/c1-3-4-17-6-8(5-14-17)11-15-9(7-19-2)10(13)12(18)16-11/h5-6H,3-4,7H2,1-2H3,(H,15,16,18). The molecule has 0 aliphatic heterocycles. The first-order valence-corrected chi connectivity index (χ1v) is 7.04. The third-order valence-corrected chi connectivity index (χ3v) is 3.68. The van der Waals surface area contributed by atoms with Gasteiger partial charge in [0.05, 0.1) is 24.1 Å². The maximum absolute atomic E-state index is 11.9. The van der Waals surface area contributed by atoms with Gasteiger partial charge in [0, 0.05) is 19.9 Å². The molecule has 0 radical (unpaired) electrons. The minimum Gasteiger partial charge on any atom is -0.378 e. The first kappa shape index (κ1) is 14.2. The van der Waals surface area contributed by atoms with E-state index in [2.05, 4.69) is 22.0 Å². The van der Waals surface area contributed by atoms with Crippen LogP contribution in [0.25, 0.3) is 11.4 Å². The summed E-state index contributed by atoms with van der Waals surface area (Å²) in [5.74, 6) is 0.528. The summed E-state index contributed by atoms with van der Waals surface area (Å²) in [4.78, 5) is 19.0. The van der Waals surface area contributed by atoms with E-state index >= 15 is 0 Å². The lowest BCUT2D eigenvalue weighted by Gasteiger charge is -2.04. The summed E-state index contributed by atoms with van der Waals surface area (Å²) in [7, 11) is 1.58. The second kappa shape index (κ2) is 6.29. The summed E-state index contributed by atoms with van der Waals surface area (Å²) in [6.45, 7) is 3.25. The van der Waals surface area contributed by atoms with Gasteiger partial charge in [0.15, 0.2) is 0 Å². The minimum absolute atomic E-state index is 0.152. The normalized spacial score (nSPS) is 10.9. The Morgan fingerprint density at radius 2 is 2.32 bits per heavy atom. The summed E-state index contributed by atoms with van der Waals surface area (Å²) < 4.78 is 7.45. The van der Waals surface area contributed by atoms with Crippen LogP contribution in [0.3, 0.4) is 0 Å². The molecule has 0 saturated carbocycles. The van der Waals surface area contributed by atoms with Crippen LogP contribution in [0, 0.1) is 3.57 Å². The van der Waals surface area contributed by atoms with E-state index in [1.807, 2.05) is 33.5 Å². The van der Waals surface area contributed by atoms with Gasteiger partial charge in [-0.1, -0.05) is 6.92 Å². The molecule has 7 heteroatoms. The Bertz CT molecular complexity index is 620. The van der Waals surface area contributed by atoms with Gasteiger partial charge in [-0.15, -0.1) is 0 Å². The molecule has 0 spiro atoms. The first-order chi connectivity index (χ1) is 9.15. The summed E-state index contributed by atoms with van der Waals surface area (Å²) in [6, 6.07) is 0. The largest absolute Gasteiger partial charge is 0.378 e. The number of ether oxygens (including phenoxy) is 1. The molecule has 0 bridgehead atoms. The average molecular weight is 374 g/mol. The molecule has 102 valence electrons. The van der Waals surface area contributed by atoms with Crippen molar-refractivity contribution >= 4 is 22.6 Å². The number of nitrogens with one attached hydrogen (secondary N) is 1. The number of methoxy groups -OCH3 is 1. The van der Waals surface area contributed by atoms with Crippen LogP contribution in [0.4, 0.5) is 0 Å². The van der Waals surface area contributed by atoms with Crippen LogP contribution in [-0.2, 0) is 17.9 Å².